The van der Waals surface area contributed by atoms with Crippen molar-refractivity contribution in [1.29, 1.82) is 0 Å². The molecule has 32 heavy (non-hydrogen) atoms. The van der Waals surface area contributed by atoms with Crippen molar-refractivity contribution < 1.29 is 8.42 Å². The lowest BCUT2D eigenvalue weighted by atomic mass is 10.1. The molecule has 4 heterocycles. The monoisotopic (exact) mass is 469 g/mol. The molecule has 0 bridgehead atoms. The highest BCUT2D eigenvalue weighted by Gasteiger charge is 2.25. The first-order chi connectivity index (χ1) is 15.5. The highest BCUT2D eigenvalue weighted by molar-refractivity contribution is 7.89. The van der Waals surface area contributed by atoms with Crippen LogP contribution in [0, 0.1) is 0 Å². The molecule has 0 spiro atoms. The van der Waals surface area contributed by atoms with Crippen LogP contribution in [0.25, 0.3) is 16.9 Å². The molecular formula is C21H23N7O2S2. The number of nitrogens with zero attached hydrogens (tertiary/aromatic N) is 6. The molecule has 1 fully saturated rings. The molecule has 4 aromatic rings. The number of rotatable bonds is 6. The van der Waals surface area contributed by atoms with Gasteiger partial charge in [-0.1, -0.05) is 23.5 Å². The number of pyridine rings is 1. The van der Waals surface area contributed by atoms with Gasteiger partial charge in [-0.2, -0.15) is 4.31 Å². The number of aromatic nitrogens is 4. The summed E-state index contributed by atoms with van der Waals surface area (Å²) < 4.78 is 27.9. The summed E-state index contributed by atoms with van der Waals surface area (Å²) >= 11 is 1.45. The number of anilines is 3. The lowest BCUT2D eigenvalue weighted by molar-refractivity contribution is 0.385. The molecule has 1 saturated heterocycles. The van der Waals surface area contributed by atoms with Crippen molar-refractivity contribution in [2.45, 2.75) is 6.92 Å². The Morgan fingerprint density at radius 3 is 2.72 bits per heavy atom. The maximum atomic E-state index is 12.1. The van der Waals surface area contributed by atoms with E-state index in [-0.39, 0.29) is 5.75 Å². The van der Waals surface area contributed by atoms with Gasteiger partial charge in [-0.3, -0.25) is 4.40 Å². The van der Waals surface area contributed by atoms with E-state index in [0.29, 0.717) is 26.2 Å². The van der Waals surface area contributed by atoms with Crippen molar-refractivity contribution >= 4 is 43.5 Å². The molecule has 1 aliphatic heterocycles. The molecule has 1 aliphatic rings. The first-order valence-corrected chi connectivity index (χ1v) is 12.9. The van der Waals surface area contributed by atoms with Gasteiger partial charge >= 0.3 is 0 Å². The summed E-state index contributed by atoms with van der Waals surface area (Å²) in [7, 11) is -3.13. The molecule has 9 nitrogen and oxygen atoms in total. The van der Waals surface area contributed by atoms with Crippen LogP contribution in [0.4, 0.5) is 16.5 Å². The standard InChI is InChI=1S/C21H23N7O2S2/c1-2-32(29,30)27-10-8-26(9-11-27)18-6-7-28-19(14-22-20(28)13-18)16-4-3-5-17(12-16)24-21-25-23-15-31-21/h3-7,12-15H,2,8-11H2,1H3,(H,24,25). The minimum absolute atomic E-state index is 0.146. The predicted octanol–water partition coefficient (Wildman–Crippen LogP) is 3.07. The molecule has 0 saturated carbocycles. The zero-order valence-corrected chi connectivity index (χ0v) is 19.2. The number of sulfonamides is 1. The lowest BCUT2D eigenvalue weighted by Gasteiger charge is -2.35. The topological polar surface area (TPSA) is 95.7 Å². The molecule has 0 aliphatic carbocycles. The van der Waals surface area contributed by atoms with Gasteiger partial charge in [0.2, 0.25) is 15.2 Å². The third-order valence-corrected chi connectivity index (χ3v) is 8.12. The third kappa shape index (κ3) is 4.06. The Kier molecular flexibility index (Phi) is 5.53. The Labute approximate surface area is 190 Å². The second-order valence-corrected chi connectivity index (χ2v) is 10.6. The van der Waals surface area contributed by atoms with E-state index in [1.54, 1.807) is 16.7 Å². The Balaban J connectivity index is 1.36. The van der Waals surface area contributed by atoms with Gasteiger partial charge in [0.25, 0.3) is 0 Å². The van der Waals surface area contributed by atoms with Crippen LogP contribution in [0.5, 0.6) is 0 Å². The summed E-state index contributed by atoms with van der Waals surface area (Å²) in [5, 5.41) is 11.9. The SMILES string of the molecule is CCS(=O)(=O)N1CCN(c2ccn3c(-c4cccc(Nc5nncs5)c4)cnc3c2)CC1. The molecule has 0 atom stereocenters. The molecule has 3 aromatic heterocycles. The minimum Gasteiger partial charge on any atom is -0.369 e. The lowest BCUT2D eigenvalue weighted by Crippen LogP contribution is -2.49. The van der Waals surface area contributed by atoms with E-state index in [2.05, 4.69) is 54.1 Å². The first kappa shape index (κ1) is 20.9. The predicted molar refractivity (Wildman–Crippen MR) is 127 cm³/mol. The molecule has 166 valence electrons. The van der Waals surface area contributed by atoms with Gasteiger partial charge in [0.1, 0.15) is 11.2 Å². The third-order valence-electron chi connectivity index (χ3n) is 5.63. The van der Waals surface area contributed by atoms with Crippen LogP contribution < -0.4 is 10.2 Å². The van der Waals surface area contributed by atoms with E-state index in [4.69, 9.17) is 0 Å². The maximum absolute atomic E-state index is 12.1. The largest absolute Gasteiger partial charge is 0.369 e. The maximum Gasteiger partial charge on any atom is 0.213 e. The summed E-state index contributed by atoms with van der Waals surface area (Å²) in [5.41, 5.74) is 6.56. The van der Waals surface area contributed by atoms with E-state index < -0.39 is 10.0 Å². The number of benzene rings is 1. The number of imidazole rings is 1. The summed E-state index contributed by atoms with van der Waals surface area (Å²) in [5.74, 6) is 0.146. The average molecular weight is 470 g/mol. The van der Waals surface area contributed by atoms with Crippen molar-refractivity contribution in [3.63, 3.8) is 0 Å². The fourth-order valence-corrected chi connectivity index (χ4v) is 5.44. The molecule has 1 N–H and O–H groups in total. The van der Waals surface area contributed by atoms with E-state index in [9.17, 15) is 8.42 Å². The van der Waals surface area contributed by atoms with Gasteiger partial charge in [0, 0.05) is 55.4 Å². The normalized spacial score (nSPS) is 15.3. The smallest absolute Gasteiger partial charge is 0.213 e. The molecule has 0 unspecified atom stereocenters. The minimum atomic E-state index is -3.13. The van der Waals surface area contributed by atoms with Crippen LogP contribution in [0.3, 0.4) is 0 Å². The van der Waals surface area contributed by atoms with Gasteiger partial charge in [0.15, 0.2) is 0 Å². The van der Waals surface area contributed by atoms with Crippen molar-refractivity contribution in [2.24, 2.45) is 0 Å². The van der Waals surface area contributed by atoms with Gasteiger partial charge in [-0.15, -0.1) is 10.2 Å². The Hall–Kier alpha value is -3.02. The van der Waals surface area contributed by atoms with E-state index in [0.717, 1.165) is 33.4 Å². The molecular weight excluding hydrogens is 446 g/mol. The molecule has 0 amide bonds. The van der Waals surface area contributed by atoms with Crippen molar-refractivity contribution in [3.8, 4) is 11.3 Å². The number of fused-ring (bicyclic) bond motifs is 1. The van der Waals surface area contributed by atoms with Crippen LogP contribution >= 0.6 is 11.3 Å². The van der Waals surface area contributed by atoms with E-state index in [1.807, 2.05) is 24.5 Å². The summed E-state index contributed by atoms with van der Waals surface area (Å²) in [6, 6.07) is 12.2. The van der Waals surface area contributed by atoms with Gasteiger partial charge in [0.05, 0.1) is 17.6 Å². The number of hydrogen-bond donors (Lipinski definition) is 1. The van der Waals surface area contributed by atoms with E-state index >= 15 is 0 Å². The van der Waals surface area contributed by atoms with Gasteiger partial charge < -0.3 is 10.2 Å². The summed E-state index contributed by atoms with van der Waals surface area (Å²) in [4.78, 5) is 6.82. The second kappa shape index (κ2) is 8.49. The molecule has 1 aromatic carbocycles. The summed E-state index contributed by atoms with van der Waals surface area (Å²) in [6.45, 7) is 4.04. The highest BCUT2D eigenvalue weighted by Crippen LogP contribution is 2.28. The average Bonchev–Trinajstić information content (AvgIpc) is 3.49. The second-order valence-electron chi connectivity index (χ2n) is 7.49. The van der Waals surface area contributed by atoms with Gasteiger partial charge in [-0.05, 0) is 25.1 Å². The van der Waals surface area contributed by atoms with Crippen LogP contribution in [0.15, 0.2) is 54.3 Å². The molecule has 5 rings (SSSR count). The van der Waals surface area contributed by atoms with Crippen molar-refractivity contribution in [3.05, 3.63) is 54.3 Å². The zero-order valence-electron chi connectivity index (χ0n) is 17.5. The van der Waals surface area contributed by atoms with Crippen LogP contribution in [-0.4, -0.2) is 64.2 Å². The van der Waals surface area contributed by atoms with E-state index in [1.165, 1.54) is 11.3 Å². The van der Waals surface area contributed by atoms with Crippen LogP contribution in [0.1, 0.15) is 6.92 Å². The molecule has 0 radical (unpaired) electrons. The Morgan fingerprint density at radius 2 is 1.97 bits per heavy atom. The Morgan fingerprint density at radius 1 is 1.12 bits per heavy atom. The fourth-order valence-electron chi connectivity index (χ4n) is 3.89. The van der Waals surface area contributed by atoms with Crippen LogP contribution in [-0.2, 0) is 10.0 Å². The zero-order chi connectivity index (χ0) is 22.1. The summed E-state index contributed by atoms with van der Waals surface area (Å²) in [6.07, 6.45) is 3.89. The number of nitrogens with one attached hydrogen (secondary N) is 1. The highest BCUT2D eigenvalue weighted by atomic mass is 32.2. The van der Waals surface area contributed by atoms with Crippen molar-refractivity contribution in [1.82, 2.24) is 23.9 Å². The molecule has 11 heteroatoms. The van der Waals surface area contributed by atoms with Crippen LogP contribution in [0.2, 0.25) is 0 Å². The quantitative estimate of drug-likeness (QED) is 0.464. The fraction of sp³-hybridized carbons (Fsp3) is 0.286. The number of piperazine rings is 1. The Bertz CT molecular complexity index is 1330. The van der Waals surface area contributed by atoms with Crippen molar-refractivity contribution in [2.75, 3.05) is 42.1 Å². The van der Waals surface area contributed by atoms with Gasteiger partial charge in [-0.25, -0.2) is 13.4 Å². The first-order valence-electron chi connectivity index (χ1n) is 10.4. The number of hydrogen-bond acceptors (Lipinski definition) is 8.